The van der Waals surface area contributed by atoms with Crippen LogP contribution in [0.15, 0.2) is 51.6 Å². The van der Waals surface area contributed by atoms with Gasteiger partial charge in [0.15, 0.2) is 0 Å². The Morgan fingerprint density at radius 2 is 2.03 bits per heavy atom. The van der Waals surface area contributed by atoms with Gasteiger partial charge in [0.05, 0.1) is 17.8 Å². The van der Waals surface area contributed by atoms with Gasteiger partial charge in [0.1, 0.15) is 17.6 Å². The Labute approximate surface area is 193 Å². The lowest BCUT2D eigenvalue weighted by Gasteiger charge is -2.13. The lowest BCUT2D eigenvalue weighted by atomic mass is 10.1. The van der Waals surface area contributed by atoms with Crippen molar-refractivity contribution in [2.75, 3.05) is 0 Å². The number of fused-ring (bicyclic) bond motifs is 1. The quantitative estimate of drug-likeness (QED) is 0.403. The van der Waals surface area contributed by atoms with Gasteiger partial charge in [0.2, 0.25) is 0 Å². The molecule has 32 heavy (non-hydrogen) atoms. The van der Waals surface area contributed by atoms with Crippen LogP contribution in [0.2, 0.25) is 0 Å². The van der Waals surface area contributed by atoms with Crippen LogP contribution in [0.25, 0.3) is 10.9 Å². The van der Waals surface area contributed by atoms with Crippen molar-refractivity contribution in [2.45, 2.75) is 32.9 Å². The molecular formula is C23H23BrN4O4. The van der Waals surface area contributed by atoms with Gasteiger partial charge in [-0.3, -0.25) is 9.48 Å². The topological polar surface area (TPSA) is 102 Å². The third-order valence-corrected chi connectivity index (χ3v) is 5.91. The summed E-state index contributed by atoms with van der Waals surface area (Å²) in [4.78, 5) is 24.6. The van der Waals surface area contributed by atoms with Crippen molar-refractivity contribution < 1.29 is 19.1 Å². The van der Waals surface area contributed by atoms with E-state index in [-0.39, 0.29) is 6.42 Å². The van der Waals surface area contributed by atoms with E-state index in [2.05, 4.69) is 26.3 Å². The fourth-order valence-corrected chi connectivity index (χ4v) is 4.16. The van der Waals surface area contributed by atoms with Gasteiger partial charge >= 0.3 is 5.97 Å². The molecule has 0 saturated heterocycles. The molecule has 0 spiro atoms. The number of amides is 1. The maximum absolute atomic E-state index is 12.9. The van der Waals surface area contributed by atoms with E-state index in [1.54, 1.807) is 30.9 Å². The van der Waals surface area contributed by atoms with Crippen LogP contribution in [0.3, 0.4) is 0 Å². The first kappa shape index (κ1) is 21.9. The van der Waals surface area contributed by atoms with Crippen LogP contribution in [-0.4, -0.2) is 37.4 Å². The average molecular weight is 499 g/mol. The molecule has 1 unspecified atom stereocenters. The molecule has 1 atom stereocenters. The van der Waals surface area contributed by atoms with E-state index in [1.165, 1.54) is 0 Å². The van der Waals surface area contributed by atoms with Crippen LogP contribution in [0, 0.1) is 13.8 Å². The molecule has 166 valence electrons. The van der Waals surface area contributed by atoms with Crippen molar-refractivity contribution in [3.05, 3.63) is 75.5 Å². The van der Waals surface area contributed by atoms with E-state index in [9.17, 15) is 14.7 Å². The fourth-order valence-electron chi connectivity index (χ4n) is 3.81. The number of furan rings is 1. The number of hydrogen-bond acceptors (Lipinski definition) is 4. The first-order valence-electron chi connectivity index (χ1n) is 10.1. The standard InChI is InChI=1S/C23H23BrN4O4/c1-13-16(11-27(3)26-13)8-20(23(30)31)25-22(29)19-10-18(32-14(19)2)12-28-7-6-15-4-5-17(24)9-21(15)28/h4-7,9-11,20H,8,12H2,1-3H3,(H,25,29)(H,30,31). The zero-order valence-electron chi connectivity index (χ0n) is 17.9. The lowest BCUT2D eigenvalue weighted by Crippen LogP contribution is -2.42. The summed E-state index contributed by atoms with van der Waals surface area (Å²) in [6, 6.07) is 8.65. The number of nitrogens with one attached hydrogen (secondary N) is 1. The van der Waals surface area contributed by atoms with Crippen LogP contribution in [0.1, 0.15) is 33.1 Å². The van der Waals surface area contributed by atoms with Gasteiger partial charge < -0.3 is 19.4 Å². The first-order valence-corrected chi connectivity index (χ1v) is 10.9. The summed E-state index contributed by atoms with van der Waals surface area (Å²) in [5, 5.41) is 17.6. The van der Waals surface area contributed by atoms with Gasteiger partial charge in [0.25, 0.3) is 5.91 Å². The number of benzene rings is 1. The van der Waals surface area contributed by atoms with E-state index in [1.807, 2.05) is 42.0 Å². The molecule has 4 aromatic rings. The molecule has 0 aliphatic carbocycles. The number of aliphatic carboxylic acids is 1. The smallest absolute Gasteiger partial charge is 0.326 e. The van der Waals surface area contributed by atoms with Crippen LogP contribution in [0.5, 0.6) is 0 Å². The van der Waals surface area contributed by atoms with E-state index >= 15 is 0 Å². The molecule has 0 saturated carbocycles. The predicted octanol–water partition coefficient (Wildman–Crippen LogP) is 3.82. The molecule has 4 rings (SSSR count). The number of aromatic nitrogens is 3. The summed E-state index contributed by atoms with van der Waals surface area (Å²) >= 11 is 3.49. The van der Waals surface area contributed by atoms with Crippen LogP contribution < -0.4 is 5.32 Å². The summed E-state index contributed by atoms with van der Waals surface area (Å²) in [5.74, 6) is -0.532. The highest BCUT2D eigenvalue weighted by Gasteiger charge is 2.25. The van der Waals surface area contributed by atoms with Crippen molar-refractivity contribution in [3.63, 3.8) is 0 Å². The summed E-state index contributed by atoms with van der Waals surface area (Å²) in [7, 11) is 1.77. The molecule has 1 amide bonds. The highest BCUT2D eigenvalue weighted by atomic mass is 79.9. The first-order chi connectivity index (χ1) is 15.2. The number of hydrogen-bond donors (Lipinski definition) is 2. The van der Waals surface area contributed by atoms with Crippen LogP contribution in [0.4, 0.5) is 0 Å². The number of rotatable bonds is 7. The minimum atomic E-state index is -1.10. The Morgan fingerprint density at radius 1 is 1.25 bits per heavy atom. The number of carbonyl (C=O) groups excluding carboxylic acids is 1. The normalized spacial score (nSPS) is 12.2. The van der Waals surface area contributed by atoms with E-state index in [0.717, 1.165) is 26.6 Å². The second-order valence-electron chi connectivity index (χ2n) is 7.81. The van der Waals surface area contributed by atoms with Gasteiger partial charge in [-0.1, -0.05) is 22.0 Å². The number of carboxylic acid groups (broad SMARTS) is 1. The molecule has 2 N–H and O–H groups in total. The van der Waals surface area contributed by atoms with Crippen molar-refractivity contribution in [3.8, 4) is 0 Å². The van der Waals surface area contributed by atoms with Gasteiger partial charge in [0, 0.05) is 35.9 Å². The van der Waals surface area contributed by atoms with Gasteiger partial charge in [-0.2, -0.15) is 5.10 Å². The Bertz CT molecular complexity index is 1320. The van der Waals surface area contributed by atoms with Crippen molar-refractivity contribution in [2.24, 2.45) is 7.05 Å². The maximum Gasteiger partial charge on any atom is 0.326 e. The molecule has 3 heterocycles. The van der Waals surface area contributed by atoms with Gasteiger partial charge in [-0.25, -0.2) is 4.79 Å². The second kappa shape index (κ2) is 8.66. The fraction of sp³-hybridized carbons (Fsp3) is 0.261. The molecule has 1 aromatic carbocycles. The maximum atomic E-state index is 12.9. The van der Waals surface area contributed by atoms with Crippen LogP contribution >= 0.6 is 15.9 Å². The number of carboxylic acids is 1. The van der Waals surface area contributed by atoms with E-state index in [0.29, 0.717) is 23.6 Å². The Balaban J connectivity index is 1.52. The summed E-state index contributed by atoms with van der Waals surface area (Å²) < 4.78 is 10.5. The molecule has 0 bridgehead atoms. The Morgan fingerprint density at radius 3 is 2.72 bits per heavy atom. The summed E-state index contributed by atoms with van der Waals surface area (Å²) in [6.45, 7) is 3.96. The molecule has 0 fully saturated rings. The highest BCUT2D eigenvalue weighted by Crippen LogP contribution is 2.23. The largest absolute Gasteiger partial charge is 0.480 e. The molecule has 8 nitrogen and oxygen atoms in total. The number of carbonyl (C=O) groups is 2. The molecule has 3 aromatic heterocycles. The van der Waals surface area contributed by atoms with E-state index in [4.69, 9.17) is 4.42 Å². The predicted molar refractivity (Wildman–Crippen MR) is 123 cm³/mol. The molecule has 0 aliphatic heterocycles. The third-order valence-electron chi connectivity index (χ3n) is 5.42. The van der Waals surface area contributed by atoms with Crippen LogP contribution in [-0.2, 0) is 24.8 Å². The zero-order chi connectivity index (χ0) is 23.0. The molecule has 0 aliphatic rings. The second-order valence-corrected chi connectivity index (χ2v) is 8.73. The number of aryl methyl sites for hydroxylation is 3. The minimum Gasteiger partial charge on any atom is -0.480 e. The van der Waals surface area contributed by atoms with E-state index < -0.39 is 17.9 Å². The highest BCUT2D eigenvalue weighted by molar-refractivity contribution is 9.10. The number of halogens is 1. The number of nitrogens with zero attached hydrogens (tertiary/aromatic N) is 3. The molecular weight excluding hydrogens is 476 g/mol. The zero-order valence-corrected chi connectivity index (χ0v) is 19.5. The van der Waals surface area contributed by atoms with Gasteiger partial charge in [-0.15, -0.1) is 0 Å². The Hall–Kier alpha value is -3.33. The molecule has 0 radical (unpaired) electrons. The van der Waals surface area contributed by atoms with Crippen molar-refractivity contribution in [1.82, 2.24) is 19.7 Å². The Kier molecular flexibility index (Phi) is 5.92. The molecule has 9 heteroatoms. The summed E-state index contributed by atoms with van der Waals surface area (Å²) in [6.07, 6.45) is 3.87. The van der Waals surface area contributed by atoms with Crippen molar-refractivity contribution in [1.29, 1.82) is 0 Å². The van der Waals surface area contributed by atoms with Gasteiger partial charge in [-0.05, 0) is 49.1 Å². The third kappa shape index (κ3) is 4.47. The van der Waals surface area contributed by atoms with Crippen molar-refractivity contribution >= 4 is 38.7 Å². The SMILES string of the molecule is Cc1nn(C)cc1CC(NC(=O)c1cc(Cn2ccc3ccc(Br)cc32)oc1C)C(=O)O. The average Bonchev–Trinajstić information content (AvgIpc) is 3.38. The lowest BCUT2D eigenvalue weighted by molar-refractivity contribution is -0.139. The minimum absolute atomic E-state index is 0.148. The summed E-state index contributed by atoms with van der Waals surface area (Å²) in [5.41, 5.74) is 2.87. The monoisotopic (exact) mass is 498 g/mol.